The Labute approximate surface area is 206 Å². The summed E-state index contributed by atoms with van der Waals surface area (Å²) in [6.07, 6.45) is 3.37. The average Bonchev–Trinajstić information content (AvgIpc) is 3.11. The number of esters is 1. The molecule has 0 aliphatic carbocycles. The summed E-state index contributed by atoms with van der Waals surface area (Å²) in [6.45, 7) is 4.01. The highest BCUT2D eigenvalue weighted by Gasteiger charge is 2.34. The highest BCUT2D eigenvalue weighted by atomic mass is 16.5. The van der Waals surface area contributed by atoms with E-state index in [0.29, 0.717) is 42.3 Å². The van der Waals surface area contributed by atoms with Crippen molar-refractivity contribution in [2.24, 2.45) is 0 Å². The molecule has 1 aliphatic rings. The molecule has 0 bridgehead atoms. The van der Waals surface area contributed by atoms with Crippen LogP contribution in [-0.2, 0) is 4.79 Å². The summed E-state index contributed by atoms with van der Waals surface area (Å²) in [5.74, 6) is -1.39. The minimum atomic E-state index is -0.800. The van der Waals surface area contributed by atoms with Gasteiger partial charge in [0.25, 0.3) is 17.7 Å². The Morgan fingerprint density at radius 1 is 0.972 bits per heavy atom. The smallest absolute Gasteiger partial charge is 0.349 e. The van der Waals surface area contributed by atoms with Gasteiger partial charge < -0.3 is 14.5 Å². The number of amides is 3. The summed E-state index contributed by atoms with van der Waals surface area (Å²) in [5, 5.41) is 3.03. The predicted molar refractivity (Wildman–Crippen MR) is 131 cm³/mol. The van der Waals surface area contributed by atoms with Crippen LogP contribution in [0.15, 0.2) is 70.4 Å². The molecular weight excluding hydrogens is 464 g/mol. The molecule has 0 atom stereocenters. The Balaban J connectivity index is 1.26. The van der Waals surface area contributed by atoms with Gasteiger partial charge in [0, 0.05) is 31.0 Å². The van der Waals surface area contributed by atoms with E-state index in [-0.39, 0.29) is 41.7 Å². The van der Waals surface area contributed by atoms with Crippen LogP contribution in [0.2, 0.25) is 0 Å². The Morgan fingerprint density at radius 2 is 1.69 bits per heavy atom. The molecule has 36 heavy (non-hydrogen) atoms. The molecule has 2 aromatic carbocycles. The number of fused-ring (bicyclic) bond motifs is 2. The van der Waals surface area contributed by atoms with E-state index >= 15 is 0 Å². The molecule has 1 aromatic heterocycles. The summed E-state index contributed by atoms with van der Waals surface area (Å²) in [7, 11) is 0. The number of unbranched alkanes of at least 4 members (excludes halogenated alkanes) is 2. The second-order valence-electron chi connectivity index (χ2n) is 8.24. The van der Waals surface area contributed by atoms with Crippen LogP contribution >= 0.6 is 0 Å². The zero-order chi connectivity index (χ0) is 25.7. The molecule has 9 heteroatoms. The number of nitrogens with one attached hydrogen (secondary N) is 1. The number of hydrogen-bond acceptors (Lipinski definition) is 7. The number of rotatable bonds is 10. The summed E-state index contributed by atoms with van der Waals surface area (Å²) >= 11 is 0. The number of hydrogen-bond donors (Lipinski definition) is 1. The van der Waals surface area contributed by atoms with Crippen LogP contribution in [0.3, 0.4) is 0 Å². The fourth-order valence-corrected chi connectivity index (χ4v) is 3.91. The van der Waals surface area contributed by atoms with E-state index in [1.807, 2.05) is 0 Å². The molecule has 2 heterocycles. The van der Waals surface area contributed by atoms with Gasteiger partial charge in [-0.05, 0) is 43.2 Å². The normalized spacial score (nSPS) is 12.5. The average molecular weight is 488 g/mol. The van der Waals surface area contributed by atoms with Crippen LogP contribution < -0.4 is 15.7 Å². The Kier molecular flexibility index (Phi) is 7.39. The van der Waals surface area contributed by atoms with E-state index in [4.69, 9.17) is 9.15 Å². The zero-order valence-electron chi connectivity index (χ0n) is 19.5. The molecule has 184 valence electrons. The first kappa shape index (κ1) is 24.6. The number of imide groups is 1. The predicted octanol–water partition coefficient (Wildman–Crippen LogP) is 3.47. The van der Waals surface area contributed by atoms with Crippen LogP contribution in [0.25, 0.3) is 11.0 Å². The fourth-order valence-electron chi connectivity index (χ4n) is 3.91. The van der Waals surface area contributed by atoms with Crippen molar-refractivity contribution in [2.75, 3.05) is 13.1 Å². The van der Waals surface area contributed by atoms with Crippen molar-refractivity contribution in [3.63, 3.8) is 0 Å². The van der Waals surface area contributed by atoms with Gasteiger partial charge in [-0.3, -0.25) is 24.1 Å². The molecule has 0 saturated heterocycles. The Bertz CT molecular complexity index is 1390. The van der Waals surface area contributed by atoms with Gasteiger partial charge >= 0.3 is 11.6 Å². The SMILES string of the molecule is C=CCNC(=O)c1cc2ccc(OC(=O)CCCCCN3C(=O)c4ccccc4C3=O)cc2oc1=O. The quantitative estimate of drug-likeness (QED) is 0.116. The monoisotopic (exact) mass is 488 g/mol. The van der Waals surface area contributed by atoms with Crippen LogP contribution in [0, 0.1) is 0 Å². The van der Waals surface area contributed by atoms with Crippen molar-refractivity contribution < 1.29 is 28.3 Å². The first-order chi connectivity index (χ1) is 17.4. The maximum atomic E-state index is 12.4. The molecule has 9 nitrogen and oxygen atoms in total. The molecule has 1 N–H and O–H groups in total. The lowest BCUT2D eigenvalue weighted by molar-refractivity contribution is -0.134. The largest absolute Gasteiger partial charge is 0.426 e. The van der Waals surface area contributed by atoms with Gasteiger partial charge in [0.2, 0.25) is 0 Å². The maximum absolute atomic E-state index is 12.4. The Morgan fingerprint density at radius 3 is 2.39 bits per heavy atom. The van der Waals surface area contributed by atoms with Crippen LogP contribution in [0.4, 0.5) is 0 Å². The Hall–Kier alpha value is -4.53. The molecule has 0 spiro atoms. The summed E-state index contributed by atoms with van der Waals surface area (Å²) in [5.41, 5.74) is 0.0985. The van der Waals surface area contributed by atoms with Crippen molar-refractivity contribution in [2.45, 2.75) is 25.7 Å². The van der Waals surface area contributed by atoms with E-state index in [1.165, 1.54) is 23.1 Å². The van der Waals surface area contributed by atoms with Gasteiger partial charge in [0.05, 0.1) is 11.1 Å². The first-order valence-corrected chi connectivity index (χ1v) is 11.5. The number of carbonyl (C=O) groups is 4. The summed E-state index contributed by atoms with van der Waals surface area (Å²) < 4.78 is 10.6. The van der Waals surface area contributed by atoms with Crippen molar-refractivity contribution in [3.05, 3.63) is 88.3 Å². The minimum Gasteiger partial charge on any atom is -0.426 e. The van der Waals surface area contributed by atoms with Crippen LogP contribution in [-0.4, -0.2) is 41.7 Å². The second kappa shape index (κ2) is 10.8. The third kappa shape index (κ3) is 5.25. The van der Waals surface area contributed by atoms with E-state index in [1.54, 1.807) is 36.4 Å². The van der Waals surface area contributed by atoms with Gasteiger partial charge in [-0.25, -0.2) is 4.79 Å². The lowest BCUT2D eigenvalue weighted by atomic mass is 10.1. The number of nitrogens with zero attached hydrogens (tertiary/aromatic N) is 1. The number of ether oxygens (including phenoxy) is 1. The molecule has 0 radical (unpaired) electrons. The molecule has 3 aromatic rings. The van der Waals surface area contributed by atoms with E-state index in [2.05, 4.69) is 11.9 Å². The third-order valence-electron chi connectivity index (χ3n) is 5.73. The van der Waals surface area contributed by atoms with Gasteiger partial charge in [-0.1, -0.05) is 24.6 Å². The van der Waals surface area contributed by atoms with Crippen molar-refractivity contribution >= 4 is 34.7 Å². The molecular formula is C27H24N2O7. The van der Waals surface area contributed by atoms with Crippen LogP contribution in [0.1, 0.15) is 56.8 Å². The van der Waals surface area contributed by atoms with E-state index in [9.17, 15) is 24.0 Å². The lowest BCUT2D eigenvalue weighted by Crippen LogP contribution is -2.30. The van der Waals surface area contributed by atoms with E-state index < -0.39 is 17.5 Å². The molecule has 0 fully saturated rings. The van der Waals surface area contributed by atoms with E-state index in [0.717, 1.165) is 0 Å². The molecule has 1 aliphatic heterocycles. The first-order valence-electron chi connectivity index (χ1n) is 11.5. The molecule has 0 saturated carbocycles. The van der Waals surface area contributed by atoms with Gasteiger partial charge in [-0.15, -0.1) is 6.58 Å². The highest BCUT2D eigenvalue weighted by Crippen LogP contribution is 2.23. The number of carbonyl (C=O) groups excluding carboxylic acids is 4. The van der Waals surface area contributed by atoms with Crippen molar-refractivity contribution in [1.82, 2.24) is 10.2 Å². The fraction of sp³-hybridized carbons (Fsp3) is 0.222. The highest BCUT2D eigenvalue weighted by molar-refractivity contribution is 6.21. The summed E-state index contributed by atoms with van der Waals surface area (Å²) in [6, 6.07) is 12.7. The standard InChI is InChI=1S/C27H24N2O7/c1-2-13-28-24(31)21-15-17-11-12-18(16-22(17)36-27(21)34)35-23(30)10-4-3-7-14-29-25(32)19-8-5-6-9-20(19)26(29)33/h2,5-6,8-9,11-12,15-16H,1,3-4,7,10,13-14H2,(H,28,31). The van der Waals surface area contributed by atoms with Crippen molar-refractivity contribution in [3.8, 4) is 5.75 Å². The minimum absolute atomic E-state index is 0.129. The molecule has 0 unspecified atom stereocenters. The molecule has 4 rings (SSSR count). The lowest BCUT2D eigenvalue weighted by Gasteiger charge is -2.13. The van der Waals surface area contributed by atoms with Crippen molar-refractivity contribution in [1.29, 1.82) is 0 Å². The number of benzene rings is 2. The third-order valence-corrected chi connectivity index (χ3v) is 5.73. The summed E-state index contributed by atoms with van der Waals surface area (Å²) in [4.78, 5) is 62.4. The van der Waals surface area contributed by atoms with Gasteiger partial charge in [0.1, 0.15) is 16.9 Å². The van der Waals surface area contributed by atoms with Gasteiger partial charge in [0.15, 0.2) is 0 Å². The zero-order valence-corrected chi connectivity index (χ0v) is 19.5. The maximum Gasteiger partial charge on any atom is 0.349 e. The topological polar surface area (TPSA) is 123 Å². The van der Waals surface area contributed by atoms with Crippen LogP contribution in [0.5, 0.6) is 5.75 Å². The second-order valence-corrected chi connectivity index (χ2v) is 8.24. The molecule has 3 amide bonds. The van der Waals surface area contributed by atoms with Gasteiger partial charge in [-0.2, -0.15) is 0 Å².